The lowest BCUT2D eigenvalue weighted by atomic mass is 10.2. The van der Waals surface area contributed by atoms with Crippen LogP contribution in [0.25, 0.3) is 0 Å². The van der Waals surface area contributed by atoms with Crippen molar-refractivity contribution in [1.82, 2.24) is 25.2 Å². The van der Waals surface area contributed by atoms with Crippen LogP contribution in [0, 0.1) is 5.82 Å². The number of aromatic nitrogens is 3. The smallest absolute Gasteiger partial charge is 0.217 e. The van der Waals surface area contributed by atoms with Crippen LogP contribution in [0.5, 0.6) is 0 Å². The van der Waals surface area contributed by atoms with Crippen LogP contribution in [0.1, 0.15) is 43.0 Å². The predicted octanol–water partition coefficient (Wildman–Crippen LogP) is 1.98. The molecule has 1 fully saturated rings. The molecule has 1 aliphatic heterocycles. The molecule has 2 aromatic heterocycles. The summed E-state index contributed by atoms with van der Waals surface area (Å²) in [6.07, 6.45) is 5.25. The number of amides is 1. The predicted molar refractivity (Wildman–Crippen MR) is 86.1 cm³/mol. The van der Waals surface area contributed by atoms with Crippen molar-refractivity contribution in [3.05, 3.63) is 53.6 Å². The molecule has 2 aromatic rings. The van der Waals surface area contributed by atoms with Crippen LogP contribution in [0.4, 0.5) is 4.39 Å². The highest BCUT2D eigenvalue weighted by atomic mass is 19.1. The zero-order valence-electron chi connectivity index (χ0n) is 13.6. The van der Waals surface area contributed by atoms with E-state index in [0.717, 1.165) is 25.1 Å². The van der Waals surface area contributed by atoms with Gasteiger partial charge in [-0.15, -0.1) is 0 Å². The Bertz CT molecular complexity index is 724. The van der Waals surface area contributed by atoms with E-state index in [1.165, 1.54) is 13.0 Å². The first kappa shape index (κ1) is 16.4. The van der Waals surface area contributed by atoms with E-state index in [9.17, 15) is 9.18 Å². The molecule has 1 saturated heterocycles. The normalized spacial score (nSPS) is 17.8. The van der Waals surface area contributed by atoms with Gasteiger partial charge in [0.2, 0.25) is 5.91 Å². The van der Waals surface area contributed by atoms with E-state index in [4.69, 9.17) is 0 Å². The summed E-state index contributed by atoms with van der Waals surface area (Å²) in [6.45, 7) is 3.16. The van der Waals surface area contributed by atoms with E-state index >= 15 is 0 Å². The van der Waals surface area contributed by atoms with Gasteiger partial charge in [-0.25, -0.2) is 14.4 Å². The van der Waals surface area contributed by atoms with E-state index in [-0.39, 0.29) is 17.8 Å². The van der Waals surface area contributed by atoms with Gasteiger partial charge >= 0.3 is 0 Å². The monoisotopic (exact) mass is 329 g/mol. The Morgan fingerprint density at radius 1 is 1.38 bits per heavy atom. The fraction of sp³-hybridized carbons (Fsp3) is 0.412. The molecular weight excluding hydrogens is 309 g/mol. The molecule has 3 rings (SSSR count). The third-order valence-electron chi connectivity index (χ3n) is 4.10. The lowest BCUT2D eigenvalue weighted by Gasteiger charge is -2.23. The van der Waals surface area contributed by atoms with Gasteiger partial charge in [-0.1, -0.05) is 0 Å². The molecule has 6 nitrogen and oxygen atoms in total. The molecule has 1 atom stereocenters. The third kappa shape index (κ3) is 3.91. The first-order valence-corrected chi connectivity index (χ1v) is 8.03. The molecule has 0 bridgehead atoms. The van der Waals surface area contributed by atoms with Crippen molar-refractivity contribution in [1.29, 1.82) is 0 Å². The average Bonchev–Trinajstić information content (AvgIpc) is 3.03. The molecule has 0 radical (unpaired) electrons. The van der Waals surface area contributed by atoms with Crippen molar-refractivity contribution in [2.45, 2.75) is 38.9 Å². The van der Waals surface area contributed by atoms with E-state index in [0.29, 0.717) is 24.6 Å². The average molecular weight is 329 g/mol. The summed E-state index contributed by atoms with van der Waals surface area (Å²) in [5, 5.41) is 2.74. The van der Waals surface area contributed by atoms with Gasteiger partial charge in [0.15, 0.2) is 0 Å². The van der Waals surface area contributed by atoms with E-state index in [2.05, 4.69) is 25.2 Å². The van der Waals surface area contributed by atoms with Crippen LogP contribution in [0.15, 0.2) is 30.6 Å². The highest BCUT2D eigenvalue weighted by molar-refractivity contribution is 5.72. The van der Waals surface area contributed by atoms with Gasteiger partial charge in [0, 0.05) is 25.9 Å². The molecule has 1 aliphatic rings. The summed E-state index contributed by atoms with van der Waals surface area (Å²) in [7, 11) is 0. The zero-order chi connectivity index (χ0) is 16.9. The molecule has 0 saturated carbocycles. The highest BCUT2D eigenvalue weighted by Gasteiger charge is 2.29. The van der Waals surface area contributed by atoms with E-state index in [1.54, 1.807) is 24.5 Å². The summed E-state index contributed by atoms with van der Waals surface area (Å²) >= 11 is 0. The molecular formula is C17H20FN5O. The Kier molecular flexibility index (Phi) is 5.10. The Labute approximate surface area is 140 Å². The second-order valence-electron chi connectivity index (χ2n) is 5.88. The SMILES string of the molecule is CC(=O)NCc1ccnc(C2CCCN2Cc2ncccc2F)n1. The number of carbonyl (C=O) groups excluding carboxylic acids is 1. The van der Waals surface area contributed by atoms with Gasteiger partial charge in [0.1, 0.15) is 11.6 Å². The molecule has 24 heavy (non-hydrogen) atoms. The van der Waals surface area contributed by atoms with Crippen LogP contribution >= 0.6 is 0 Å². The van der Waals surface area contributed by atoms with E-state index < -0.39 is 0 Å². The molecule has 1 N–H and O–H groups in total. The van der Waals surface area contributed by atoms with Gasteiger partial charge < -0.3 is 5.32 Å². The largest absolute Gasteiger partial charge is 0.351 e. The van der Waals surface area contributed by atoms with Crippen molar-refractivity contribution in [2.75, 3.05) is 6.54 Å². The maximum absolute atomic E-state index is 13.9. The highest BCUT2D eigenvalue weighted by Crippen LogP contribution is 2.31. The number of nitrogens with zero attached hydrogens (tertiary/aromatic N) is 4. The summed E-state index contributed by atoms with van der Waals surface area (Å²) in [5.41, 5.74) is 1.21. The number of halogens is 1. The summed E-state index contributed by atoms with van der Waals surface area (Å²) < 4.78 is 13.9. The molecule has 0 aromatic carbocycles. The summed E-state index contributed by atoms with van der Waals surface area (Å²) in [4.78, 5) is 26.3. The molecule has 0 spiro atoms. The van der Waals surface area contributed by atoms with E-state index in [1.807, 2.05) is 0 Å². The number of nitrogens with one attached hydrogen (secondary N) is 1. The molecule has 126 valence electrons. The van der Waals surface area contributed by atoms with Gasteiger partial charge in [-0.05, 0) is 37.6 Å². The fourth-order valence-corrected chi connectivity index (χ4v) is 2.92. The van der Waals surface area contributed by atoms with Crippen LogP contribution in [-0.2, 0) is 17.9 Å². The molecule has 1 unspecified atom stereocenters. The number of carbonyl (C=O) groups is 1. The number of rotatable bonds is 5. The van der Waals surface area contributed by atoms with Gasteiger partial charge in [-0.2, -0.15) is 0 Å². The summed E-state index contributed by atoms with van der Waals surface area (Å²) in [6, 6.07) is 4.85. The van der Waals surface area contributed by atoms with Crippen molar-refractivity contribution >= 4 is 5.91 Å². The minimum absolute atomic E-state index is 0.0451. The maximum atomic E-state index is 13.9. The molecule has 0 aliphatic carbocycles. The van der Waals surface area contributed by atoms with Gasteiger partial charge in [0.25, 0.3) is 0 Å². The van der Waals surface area contributed by atoms with Gasteiger partial charge in [-0.3, -0.25) is 14.7 Å². The van der Waals surface area contributed by atoms with Gasteiger partial charge in [0.05, 0.1) is 24.0 Å². The quantitative estimate of drug-likeness (QED) is 0.908. The Hall–Kier alpha value is -2.41. The second-order valence-corrected chi connectivity index (χ2v) is 5.88. The van der Waals surface area contributed by atoms with Crippen LogP contribution in [0.2, 0.25) is 0 Å². The first-order chi connectivity index (χ1) is 11.6. The number of hydrogen-bond acceptors (Lipinski definition) is 5. The zero-order valence-corrected chi connectivity index (χ0v) is 13.6. The minimum Gasteiger partial charge on any atom is -0.351 e. The van der Waals surface area contributed by atoms with Crippen LogP contribution in [0.3, 0.4) is 0 Å². The lowest BCUT2D eigenvalue weighted by molar-refractivity contribution is -0.119. The van der Waals surface area contributed by atoms with Crippen molar-refractivity contribution < 1.29 is 9.18 Å². The van der Waals surface area contributed by atoms with Crippen LogP contribution < -0.4 is 5.32 Å². The Balaban J connectivity index is 1.74. The standard InChI is InChI=1S/C17H20FN5O/c1-12(24)21-10-13-6-8-20-17(22-13)16-5-3-9-23(16)11-15-14(18)4-2-7-19-15/h2,4,6-8,16H,3,5,9-11H2,1H3,(H,21,24). The number of likely N-dealkylation sites (tertiary alicyclic amines) is 1. The summed E-state index contributed by atoms with van der Waals surface area (Å²) in [5.74, 6) is 0.332. The number of pyridine rings is 1. The van der Waals surface area contributed by atoms with Crippen molar-refractivity contribution in [3.63, 3.8) is 0 Å². The third-order valence-corrected chi connectivity index (χ3v) is 4.10. The van der Waals surface area contributed by atoms with Crippen molar-refractivity contribution in [2.24, 2.45) is 0 Å². The van der Waals surface area contributed by atoms with Crippen LogP contribution in [-0.4, -0.2) is 32.3 Å². The molecule has 1 amide bonds. The minimum atomic E-state index is -0.288. The molecule has 7 heteroatoms. The Morgan fingerprint density at radius 3 is 3.04 bits per heavy atom. The first-order valence-electron chi connectivity index (χ1n) is 8.03. The fourth-order valence-electron chi connectivity index (χ4n) is 2.92. The Morgan fingerprint density at radius 2 is 2.25 bits per heavy atom. The van der Waals surface area contributed by atoms with Crippen molar-refractivity contribution in [3.8, 4) is 0 Å². The number of hydrogen-bond donors (Lipinski definition) is 1. The maximum Gasteiger partial charge on any atom is 0.217 e. The second kappa shape index (κ2) is 7.44. The molecule has 3 heterocycles. The lowest BCUT2D eigenvalue weighted by Crippen LogP contribution is -2.26. The topological polar surface area (TPSA) is 71.0 Å².